The Morgan fingerprint density at radius 1 is 1.12 bits per heavy atom. The lowest BCUT2D eigenvalue weighted by Gasteiger charge is -2.09. The van der Waals surface area contributed by atoms with Gasteiger partial charge in [-0.15, -0.1) is 0 Å². The minimum absolute atomic E-state index is 0.164. The Labute approximate surface area is 143 Å². The van der Waals surface area contributed by atoms with E-state index < -0.39 is 0 Å². The molecule has 0 bridgehead atoms. The molecule has 4 rings (SSSR count). The van der Waals surface area contributed by atoms with Gasteiger partial charge in [-0.25, -0.2) is 9.97 Å². The van der Waals surface area contributed by atoms with Gasteiger partial charge in [0.15, 0.2) is 18.1 Å². The van der Waals surface area contributed by atoms with Crippen molar-refractivity contribution in [2.24, 2.45) is 0 Å². The van der Waals surface area contributed by atoms with Crippen LogP contribution in [-0.4, -0.2) is 29.3 Å². The molecule has 7 heteroatoms. The fourth-order valence-electron chi connectivity index (χ4n) is 2.51. The molecule has 1 amide bonds. The van der Waals surface area contributed by atoms with E-state index in [1.165, 1.54) is 0 Å². The third kappa shape index (κ3) is 3.16. The number of anilines is 1. The van der Waals surface area contributed by atoms with Gasteiger partial charge in [0.05, 0.1) is 11.0 Å². The van der Waals surface area contributed by atoms with E-state index in [2.05, 4.69) is 15.3 Å². The summed E-state index contributed by atoms with van der Waals surface area (Å²) in [5, 5.41) is 2.75. The molecule has 1 N–H and O–H groups in total. The summed E-state index contributed by atoms with van der Waals surface area (Å²) >= 11 is 0. The zero-order chi connectivity index (χ0) is 17.2. The molecular formula is C18H15N3O4. The Morgan fingerprint density at radius 2 is 1.88 bits per heavy atom. The summed E-state index contributed by atoms with van der Waals surface area (Å²) in [4.78, 5) is 20.9. The van der Waals surface area contributed by atoms with E-state index in [0.717, 1.165) is 11.0 Å². The molecule has 0 spiro atoms. The highest BCUT2D eigenvalue weighted by Gasteiger charge is 2.15. The van der Waals surface area contributed by atoms with Crippen LogP contribution in [0.15, 0.2) is 42.5 Å². The third-order valence-corrected chi connectivity index (χ3v) is 3.70. The molecule has 7 nitrogen and oxygen atoms in total. The predicted molar refractivity (Wildman–Crippen MR) is 91.0 cm³/mol. The summed E-state index contributed by atoms with van der Waals surface area (Å²) in [6.45, 7) is 1.82. The first kappa shape index (κ1) is 15.2. The van der Waals surface area contributed by atoms with Crippen molar-refractivity contribution in [3.63, 3.8) is 0 Å². The van der Waals surface area contributed by atoms with Crippen LogP contribution in [0.5, 0.6) is 17.4 Å². The topological polar surface area (TPSA) is 82.6 Å². The molecule has 2 aromatic carbocycles. The summed E-state index contributed by atoms with van der Waals surface area (Å²) in [7, 11) is 0. The van der Waals surface area contributed by atoms with Crippen LogP contribution in [0.3, 0.4) is 0 Å². The van der Waals surface area contributed by atoms with Crippen LogP contribution in [0.4, 0.5) is 5.69 Å². The molecule has 0 aliphatic carbocycles. The lowest BCUT2D eigenvalue weighted by atomic mass is 10.3. The number of amides is 1. The highest BCUT2D eigenvalue weighted by molar-refractivity contribution is 5.92. The zero-order valence-corrected chi connectivity index (χ0v) is 13.5. The predicted octanol–water partition coefficient (Wildman–Crippen LogP) is 2.68. The number of hydrogen-bond donors (Lipinski definition) is 1. The highest BCUT2D eigenvalue weighted by atomic mass is 16.7. The standard InChI is InChI=1S/C18H15N3O4/c1-11-18(21-14-5-3-2-4-13(14)19-11)23-9-17(22)20-12-6-7-15-16(8-12)25-10-24-15/h2-8H,9-10H2,1H3,(H,20,22). The number of rotatable bonds is 4. The molecule has 0 fully saturated rings. The van der Waals surface area contributed by atoms with Gasteiger partial charge in [0, 0.05) is 11.8 Å². The van der Waals surface area contributed by atoms with Crippen molar-refractivity contribution >= 4 is 22.6 Å². The minimum Gasteiger partial charge on any atom is -0.466 e. The van der Waals surface area contributed by atoms with Gasteiger partial charge in [0.25, 0.3) is 5.91 Å². The summed E-state index contributed by atoms with van der Waals surface area (Å²) < 4.78 is 16.1. The molecule has 126 valence electrons. The van der Waals surface area contributed by atoms with Crippen LogP contribution < -0.4 is 19.5 Å². The fraction of sp³-hybridized carbons (Fsp3) is 0.167. The monoisotopic (exact) mass is 337 g/mol. The van der Waals surface area contributed by atoms with E-state index in [1.807, 2.05) is 24.3 Å². The van der Waals surface area contributed by atoms with E-state index >= 15 is 0 Å². The van der Waals surface area contributed by atoms with Crippen molar-refractivity contribution in [3.8, 4) is 17.4 Å². The maximum absolute atomic E-state index is 12.1. The number of benzene rings is 2. The highest BCUT2D eigenvalue weighted by Crippen LogP contribution is 2.34. The van der Waals surface area contributed by atoms with Gasteiger partial charge in [-0.1, -0.05) is 12.1 Å². The summed E-state index contributed by atoms with van der Waals surface area (Å²) in [5.74, 6) is 1.32. The Balaban J connectivity index is 1.42. The van der Waals surface area contributed by atoms with Crippen molar-refractivity contribution < 1.29 is 19.0 Å². The Bertz CT molecular complexity index is 958. The molecule has 2 heterocycles. The summed E-state index contributed by atoms with van der Waals surface area (Å²) in [6.07, 6.45) is 0. The molecule has 1 aliphatic heterocycles. The van der Waals surface area contributed by atoms with E-state index in [-0.39, 0.29) is 19.3 Å². The van der Waals surface area contributed by atoms with E-state index in [0.29, 0.717) is 28.8 Å². The molecule has 25 heavy (non-hydrogen) atoms. The Morgan fingerprint density at radius 3 is 2.72 bits per heavy atom. The zero-order valence-electron chi connectivity index (χ0n) is 13.5. The van der Waals surface area contributed by atoms with Gasteiger partial charge in [0.1, 0.15) is 5.69 Å². The van der Waals surface area contributed by atoms with E-state index in [9.17, 15) is 4.79 Å². The van der Waals surface area contributed by atoms with Gasteiger partial charge in [-0.2, -0.15) is 0 Å². The molecule has 1 aromatic heterocycles. The normalized spacial score (nSPS) is 12.2. The summed E-state index contributed by atoms with van der Waals surface area (Å²) in [6, 6.07) is 12.7. The van der Waals surface area contributed by atoms with Crippen LogP contribution in [0.2, 0.25) is 0 Å². The fourth-order valence-corrected chi connectivity index (χ4v) is 2.51. The average molecular weight is 337 g/mol. The van der Waals surface area contributed by atoms with Gasteiger partial charge in [-0.3, -0.25) is 4.79 Å². The van der Waals surface area contributed by atoms with Crippen molar-refractivity contribution in [2.75, 3.05) is 18.7 Å². The maximum atomic E-state index is 12.1. The number of nitrogens with one attached hydrogen (secondary N) is 1. The molecular weight excluding hydrogens is 322 g/mol. The first-order valence-electron chi connectivity index (χ1n) is 7.75. The Kier molecular flexibility index (Phi) is 3.81. The minimum atomic E-state index is -0.298. The second-order valence-electron chi connectivity index (χ2n) is 5.51. The number of para-hydroxylation sites is 2. The van der Waals surface area contributed by atoms with Crippen molar-refractivity contribution in [1.29, 1.82) is 0 Å². The number of ether oxygens (including phenoxy) is 3. The van der Waals surface area contributed by atoms with Crippen molar-refractivity contribution in [2.45, 2.75) is 6.92 Å². The first-order chi connectivity index (χ1) is 12.2. The molecule has 0 unspecified atom stereocenters. The molecule has 0 saturated carbocycles. The van der Waals surface area contributed by atoms with Crippen molar-refractivity contribution in [3.05, 3.63) is 48.2 Å². The molecule has 0 atom stereocenters. The quantitative estimate of drug-likeness (QED) is 0.788. The lowest BCUT2D eigenvalue weighted by Crippen LogP contribution is -2.20. The first-order valence-corrected chi connectivity index (χ1v) is 7.75. The lowest BCUT2D eigenvalue weighted by molar-refractivity contribution is -0.118. The van der Waals surface area contributed by atoms with Crippen LogP contribution in [0.1, 0.15) is 5.69 Å². The average Bonchev–Trinajstić information content (AvgIpc) is 3.07. The van der Waals surface area contributed by atoms with Gasteiger partial charge in [-0.05, 0) is 31.2 Å². The second kappa shape index (κ2) is 6.27. The Hall–Kier alpha value is -3.35. The van der Waals surface area contributed by atoms with Gasteiger partial charge in [0.2, 0.25) is 12.7 Å². The summed E-state index contributed by atoms with van der Waals surface area (Å²) in [5.41, 5.74) is 2.75. The van der Waals surface area contributed by atoms with Crippen LogP contribution in [0.25, 0.3) is 11.0 Å². The van der Waals surface area contributed by atoms with Gasteiger partial charge >= 0.3 is 0 Å². The van der Waals surface area contributed by atoms with Crippen LogP contribution >= 0.6 is 0 Å². The number of carbonyl (C=O) groups is 1. The SMILES string of the molecule is Cc1nc2ccccc2nc1OCC(=O)Nc1ccc2c(c1)OCO2. The van der Waals surface area contributed by atoms with Crippen LogP contribution in [0, 0.1) is 6.92 Å². The largest absolute Gasteiger partial charge is 0.466 e. The molecule has 0 radical (unpaired) electrons. The molecule has 0 saturated heterocycles. The van der Waals surface area contributed by atoms with E-state index in [1.54, 1.807) is 25.1 Å². The van der Waals surface area contributed by atoms with E-state index in [4.69, 9.17) is 14.2 Å². The smallest absolute Gasteiger partial charge is 0.262 e. The second-order valence-corrected chi connectivity index (χ2v) is 5.51. The molecule has 3 aromatic rings. The number of aromatic nitrogens is 2. The third-order valence-electron chi connectivity index (χ3n) is 3.70. The number of fused-ring (bicyclic) bond motifs is 2. The van der Waals surface area contributed by atoms with Gasteiger partial charge < -0.3 is 19.5 Å². The van der Waals surface area contributed by atoms with Crippen molar-refractivity contribution in [1.82, 2.24) is 9.97 Å². The van der Waals surface area contributed by atoms with Crippen LogP contribution in [-0.2, 0) is 4.79 Å². The number of nitrogens with zero attached hydrogens (tertiary/aromatic N) is 2. The number of carbonyl (C=O) groups excluding carboxylic acids is 1. The number of hydrogen-bond acceptors (Lipinski definition) is 6. The number of aryl methyl sites for hydroxylation is 1. The molecule has 1 aliphatic rings. The maximum Gasteiger partial charge on any atom is 0.262 e.